The number of carbonyl (C=O) groups excluding carboxylic acids is 1. The third-order valence-corrected chi connectivity index (χ3v) is 5.63. The monoisotopic (exact) mass is 407 g/mol. The Hall–Kier alpha value is -3.03. The third kappa shape index (κ3) is 3.67. The maximum atomic E-state index is 12.9. The van der Waals surface area contributed by atoms with Crippen LogP contribution in [0.4, 0.5) is 0 Å². The Morgan fingerprint density at radius 2 is 1.93 bits per heavy atom. The van der Waals surface area contributed by atoms with Crippen LogP contribution in [0, 0.1) is 4.77 Å². The summed E-state index contributed by atoms with van der Waals surface area (Å²) in [6.07, 6.45) is 0.793. The van der Waals surface area contributed by atoms with E-state index in [4.69, 9.17) is 12.2 Å². The normalized spacial score (nSPS) is 10.9. The Kier molecular flexibility index (Phi) is 5.18. The van der Waals surface area contributed by atoms with Gasteiger partial charge in [-0.25, -0.2) is 0 Å². The van der Waals surface area contributed by atoms with Crippen molar-refractivity contribution in [1.82, 2.24) is 14.9 Å². The summed E-state index contributed by atoms with van der Waals surface area (Å²) in [5.41, 5.74) is 1.52. The summed E-state index contributed by atoms with van der Waals surface area (Å²) >= 11 is 7.05. The summed E-state index contributed by atoms with van der Waals surface area (Å²) in [5.74, 6) is -0.176. The van der Waals surface area contributed by atoms with E-state index in [1.807, 2.05) is 47.8 Å². The van der Waals surface area contributed by atoms with Crippen molar-refractivity contribution in [1.29, 1.82) is 0 Å². The standard InChI is InChI=1S/C21H17N3O2S2/c25-19(22-11-10-16-7-4-12-28-16)14-8-9-17-18(13-14)23-21(27)24(20(17)26)15-5-2-1-3-6-15/h1-9,12-13H,10-11H2,(H,22,25)(H,23,27). The highest BCUT2D eigenvalue weighted by atomic mass is 32.1. The minimum absolute atomic E-state index is 0.176. The van der Waals surface area contributed by atoms with Crippen molar-refractivity contribution in [3.05, 3.63) is 91.6 Å². The zero-order chi connectivity index (χ0) is 19.5. The number of rotatable bonds is 5. The number of amides is 1. The van der Waals surface area contributed by atoms with Gasteiger partial charge in [0, 0.05) is 17.0 Å². The average Bonchev–Trinajstić information content (AvgIpc) is 3.22. The van der Waals surface area contributed by atoms with Crippen LogP contribution in [0.25, 0.3) is 16.6 Å². The van der Waals surface area contributed by atoms with Gasteiger partial charge < -0.3 is 10.3 Å². The molecule has 4 rings (SSSR count). The summed E-state index contributed by atoms with van der Waals surface area (Å²) < 4.78 is 1.75. The lowest BCUT2D eigenvalue weighted by Crippen LogP contribution is -2.26. The maximum absolute atomic E-state index is 12.9. The molecule has 0 aliphatic carbocycles. The van der Waals surface area contributed by atoms with Gasteiger partial charge in [0.2, 0.25) is 0 Å². The number of hydrogen-bond donors (Lipinski definition) is 2. The fraction of sp³-hybridized carbons (Fsp3) is 0.0952. The molecule has 4 aromatic rings. The molecule has 0 saturated carbocycles. The Morgan fingerprint density at radius 1 is 1.11 bits per heavy atom. The molecule has 7 heteroatoms. The molecule has 2 aromatic heterocycles. The van der Waals surface area contributed by atoms with Gasteiger partial charge in [-0.3, -0.25) is 14.2 Å². The van der Waals surface area contributed by atoms with E-state index in [1.54, 1.807) is 29.5 Å². The number of benzene rings is 2. The summed E-state index contributed by atoms with van der Waals surface area (Å²) in [4.78, 5) is 29.7. The van der Waals surface area contributed by atoms with Gasteiger partial charge in [0.15, 0.2) is 4.77 Å². The van der Waals surface area contributed by atoms with E-state index in [0.29, 0.717) is 33.5 Å². The smallest absolute Gasteiger partial charge is 0.266 e. The molecule has 0 bridgehead atoms. The van der Waals surface area contributed by atoms with Crippen LogP contribution in [0.2, 0.25) is 0 Å². The Labute approximate surface area is 170 Å². The van der Waals surface area contributed by atoms with Gasteiger partial charge >= 0.3 is 0 Å². The van der Waals surface area contributed by atoms with Crippen LogP contribution >= 0.6 is 23.6 Å². The Bertz CT molecular complexity index is 1240. The van der Waals surface area contributed by atoms with Gasteiger partial charge in [-0.2, -0.15) is 0 Å². The van der Waals surface area contributed by atoms with E-state index >= 15 is 0 Å². The number of aromatic amines is 1. The Balaban J connectivity index is 1.62. The van der Waals surface area contributed by atoms with Gasteiger partial charge in [-0.15, -0.1) is 11.3 Å². The molecule has 0 atom stereocenters. The van der Waals surface area contributed by atoms with E-state index in [1.165, 1.54) is 9.44 Å². The number of para-hydroxylation sites is 1. The predicted octanol–water partition coefficient (Wildman–Crippen LogP) is 4.08. The minimum Gasteiger partial charge on any atom is -0.352 e. The quantitative estimate of drug-likeness (QED) is 0.490. The van der Waals surface area contributed by atoms with Crippen molar-refractivity contribution in [2.75, 3.05) is 6.54 Å². The van der Waals surface area contributed by atoms with Gasteiger partial charge in [0.05, 0.1) is 16.6 Å². The Morgan fingerprint density at radius 3 is 2.68 bits per heavy atom. The van der Waals surface area contributed by atoms with Gasteiger partial charge in [-0.05, 0) is 60.4 Å². The molecule has 1 amide bonds. The van der Waals surface area contributed by atoms with Gasteiger partial charge in [0.1, 0.15) is 0 Å². The molecule has 0 unspecified atom stereocenters. The number of H-pyrrole nitrogens is 1. The first-order valence-electron chi connectivity index (χ1n) is 8.78. The van der Waals surface area contributed by atoms with Crippen LogP contribution in [0.15, 0.2) is 70.8 Å². The molecule has 0 fully saturated rings. The highest BCUT2D eigenvalue weighted by molar-refractivity contribution is 7.71. The fourth-order valence-corrected chi connectivity index (χ4v) is 4.03. The highest BCUT2D eigenvalue weighted by Crippen LogP contribution is 2.14. The maximum Gasteiger partial charge on any atom is 0.266 e. The molecule has 0 spiro atoms. The van der Waals surface area contributed by atoms with Gasteiger partial charge in [0.25, 0.3) is 11.5 Å². The number of carbonyl (C=O) groups is 1. The van der Waals surface area contributed by atoms with Crippen LogP contribution in [0.1, 0.15) is 15.2 Å². The van der Waals surface area contributed by atoms with Crippen LogP contribution in [-0.2, 0) is 6.42 Å². The van der Waals surface area contributed by atoms with Crippen molar-refractivity contribution >= 4 is 40.4 Å². The molecule has 2 aromatic carbocycles. The van der Waals surface area contributed by atoms with E-state index in [0.717, 1.165) is 6.42 Å². The predicted molar refractivity (Wildman–Crippen MR) is 115 cm³/mol. The molecule has 140 valence electrons. The number of hydrogen-bond acceptors (Lipinski definition) is 4. The average molecular weight is 408 g/mol. The minimum atomic E-state index is -0.213. The zero-order valence-corrected chi connectivity index (χ0v) is 16.5. The molecule has 2 heterocycles. The summed E-state index contributed by atoms with van der Waals surface area (Å²) in [7, 11) is 0. The summed E-state index contributed by atoms with van der Waals surface area (Å²) in [5, 5.41) is 5.41. The van der Waals surface area contributed by atoms with Crippen LogP contribution in [-0.4, -0.2) is 22.0 Å². The molecule has 0 saturated heterocycles. The van der Waals surface area contributed by atoms with Crippen molar-refractivity contribution in [2.45, 2.75) is 6.42 Å². The van der Waals surface area contributed by atoms with Crippen molar-refractivity contribution in [3.8, 4) is 5.69 Å². The second-order valence-electron chi connectivity index (χ2n) is 6.25. The fourth-order valence-electron chi connectivity index (χ4n) is 3.03. The molecule has 2 N–H and O–H groups in total. The molecular formula is C21H17N3O2S2. The van der Waals surface area contributed by atoms with Gasteiger partial charge in [-0.1, -0.05) is 24.3 Å². The van der Waals surface area contributed by atoms with E-state index in [2.05, 4.69) is 10.3 Å². The first-order valence-corrected chi connectivity index (χ1v) is 10.1. The zero-order valence-electron chi connectivity index (χ0n) is 14.8. The van der Waals surface area contributed by atoms with E-state index in [-0.39, 0.29) is 11.5 Å². The van der Waals surface area contributed by atoms with E-state index < -0.39 is 0 Å². The number of aromatic nitrogens is 2. The van der Waals surface area contributed by atoms with Crippen LogP contribution in [0.3, 0.4) is 0 Å². The largest absolute Gasteiger partial charge is 0.352 e. The number of thiophene rings is 1. The second-order valence-corrected chi connectivity index (χ2v) is 7.67. The number of nitrogens with zero attached hydrogens (tertiary/aromatic N) is 1. The highest BCUT2D eigenvalue weighted by Gasteiger charge is 2.11. The first kappa shape index (κ1) is 18.3. The molecule has 28 heavy (non-hydrogen) atoms. The molecule has 0 radical (unpaired) electrons. The molecule has 0 aliphatic rings. The van der Waals surface area contributed by atoms with E-state index in [9.17, 15) is 9.59 Å². The molecule has 5 nitrogen and oxygen atoms in total. The second kappa shape index (κ2) is 7.92. The lowest BCUT2D eigenvalue weighted by Gasteiger charge is -2.09. The molecule has 0 aliphatic heterocycles. The SMILES string of the molecule is O=C(NCCc1cccs1)c1ccc2c(=O)n(-c3ccccc3)c(=S)[nH]c2c1. The number of fused-ring (bicyclic) bond motifs is 1. The summed E-state index contributed by atoms with van der Waals surface area (Å²) in [6, 6.07) is 18.3. The van der Waals surface area contributed by atoms with Crippen molar-refractivity contribution < 1.29 is 4.79 Å². The van der Waals surface area contributed by atoms with Crippen LogP contribution in [0.5, 0.6) is 0 Å². The lowest BCUT2D eigenvalue weighted by atomic mass is 10.1. The topological polar surface area (TPSA) is 66.9 Å². The summed E-state index contributed by atoms with van der Waals surface area (Å²) in [6.45, 7) is 0.559. The molecular weight excluding hydrogens is 390 g/mol. The third-order valence-electron chi connectivity index (χ3n) is 4.41. The lowest BCUT2D eigenvalue weighted by molar-refractivity contribution is 0.0954. The number of nitrogens with one attached hydrogen (secondary N) is 2. The van der Waals surface area contributed by atoms with Crippen LogP contribution < -0.4 is 10.9 Å². The van der Waals surface area contributed by atoms with Crippen molar-refractivity contribution in [3.63, 3.8) is 0 Å². The van der Waals surface area contributed by atoms with Crippen molar-refractivity contribution in [2.24, 2.45) is 0 Å². The first-order chi connectivity index (χ1) is 13.6.